The Morgan fingerprint density at radius 2 is 2.37 bits per heavy atom. The van der Waals surface area contributed by atoms with E-state index < -0.39 is 18.1 Å². The summed E-state index contributed by atoms with van der Waals surface area (Å²) in [5.74, 6) is -0.155. The number of hydrogen-bond acceptors (Lipinski definition) is 4. The molecule has 4 heteroatoms. The van der Waals surface area contributed by atoms with Crippen LogP contribution in [0.3, 0.4) is 0 Å². The number of allylic oxidation sites excluding steroid dienone is 3. The summed E-state index contributed by atoms with van der Waals surface area (Å²) in [7, 11) is 0. The molecule has 0 aromatic rings. The van der Waals surface area contributed by atoms with Crippen LogP contribution in [0.4, 0.5) is 0 Å². The summed E-state index contributed by atoms with van der Waals surface area (Å²) in [5, 5.41) is 18.1. The van der Waals surface area contributed by atoms with Crippen molar-refractivity contribution >= 4 is 5.97 Å². The van der Waals surface area contributed by atoms with Crippen molar-refractivity contribution in [2.45, 2.75) is 39.2 Å². The van der Waals surface area contributed by atoms with Crippen molar-refractivity contribution in [3.8, 4) is 0 Å². The number of ether oxygens (including phenoxy) is 1. The highest BCUT2D eigenvalue weighted by Gasteiger charge is 2.46. The van der Waals surface area contributed by atoms with Gasteiger partial charge in [0, 0.05) is 0 Å². The molecule has 3 unspecified atom stereocenters. The van der Waals surface area contributed by atoms with Crippen LogP contribution in [0.25, 0.3) is 0 Å². The van der Waals surface area contributed by atoms with Crippen LogP contribution in [0.15, 0.2) is 23.3 Å². The summed E-state index contributed by atoms with van der Waals surface area (Å²) in [6.45, 7) is 3.61. The first kappa shape index (κ1) is 14.3. The molecule has 0 spiro atoms. The van der Waals surface area contributed by atoms with Crippen molar-refractivity contribution in [1.82, 2.24) is 0 Å². The highest BCUT2D eigenvalue weighted by molar-refractivity contribution is 5.81. The first-order chi connectivity index (χ1) is 9.01. The average molecular weight is 266 g/mol. The predicted molar refractivity (Wildman–Crippen MR) is 71.3 cm³/mol. The van der Waals surface area contributed by atoms with Gasteiger partial charge >= 0.3 is 5.97 Å². The Kier molecular flexibility index (Phi) is 4.11. The first-order valence-electron chi connectivity index (χ1n) is 6.86. The van der Waals surface area contributed by atoms with Gasteiger partial charge in [0.2, 0.25) is 0 Å². The maximum absolute atomic E-state index is 12.4. The van der Waals surface area contributed by atoms with Crippen molar-refractivity contribution in [3.05, 3.63) is 23.3 Å². The van der Waals surface area contributed by atoms with E-state index in [0.29, 0.717) is 0 Å². The summed E-state index contributed by atoms with van der Waals surface area (Å²) in [6, 6.07) is 0. The van der Waals surface area contributed by atoms with Crippen LogP contribution in [0, 0.1) is 11.3 Å². The van der Waals surface area contributed by atoms with Crippen molar-refractivity contribution in [2.24, 2.45) is 11.3 Å². The largest absolute Gasteiger partial charge is 0.462 e. The lowest BCUT2D eigenvalue weighted by Crippen LogP contribution is -2.39. The molecule has 3 aliphatic rings. The summed E-state index contributed by atoms with van der Waals surface area (Å²) < 4.78 is 5.20. The molecule has 0 aromatic carbocycles. The van der Waals surface area contributed by atoms with Gasteiger partial charge in [-0.15, -0.1) is 0 Å². The second-order valence-corrected chi connectivity index (χ2v) is 5.59. The van der Waals surface area contributed by atoms with Gasteiger partial charge < -0.3 is 14.9 Å². The third-order valence-corrected chi connectivity index (χ3v) is 4.54. The van der Waals surface area contributed by atoms with Gasteiger partial charge in [-0.05, 0) is 37.7 Å². The molecule has 3 aliphatic carbocycles. The SMILES string of the molecule is CC1=C2C=CC(C(=O)OCC(O)CO)(CCC2)C1C. The topological polar surface area (TPSA) is 66.8 Å². The maximum Gasteiger partial charge on any atom is 0.316 e. The zero-order valence-corrected chi connectivity index (χ0v) is 11.6. The van der Waals surface area contributed by atoms with Crippen molar-refractivity contribution < 1.29 is 19.7 Å². The quantitative estimate of drug-likeness (QED) is 0.758. The monoisotopic (exact) mass is 266 g/mol. The number of rotatable bonds is 4. The second-order valence-electron chi connectivity index (χ2n) is 5.59. The van der Waals surface area contributed by atoms with E-state index in [1.807, 2.05) is 12.2 Å². The van der Waals surface area contributed by atoms with Crippen LogP contribution in [0.1, 0.15) is 33.1 Å². The number of carbonyl (C=O) groups is 1. The van der Waals surface area contributed by atoms with Crippen molar-refractivity contribution in [2.75, 3.05) is 13.2 Å². The van der Waals surface area contributed by atoms with Crippen molar-refractivity contribution in [3.63, 3.8) is 0 Å². The van der Waals surface area contributed by atoms with E-state index in [0.717, 1.165) is 19.3 Å². The molecule has 0 radical (unpaired) electrons. The smallest absolute Gasteiger partial charge is 0.316 e. The zero-order valence-electron chi connectivity index (χ0n) is 11.6. The average Bonchev–Trinajstić information content (AvgIpc) is 2.71. The molecule has 0 saturated heterocycles. The van der Waals surface area contributed by atoms with Crippen LogP contribution in [-0.4, -0.2) is 35.5 Å². The molecule has 19 heavy (non-hydrogen) atoms. The number of hydrogen-bond donors (Lipinski definition) is 2. The van der Waals surface area contributed by atoms with Crippen LogP contribution >= 0.6 is 0 Å². The molecule has 3 atom stereocenters. The fourth-order valence-electron chi connectivity index (χ4n) is 3.05. The highest BCUT2D eigenvalue weighted by Crippen LogP contribution is 2.48. The molecule has 0 fully saturated rings. The van der Waals surface area contributed by atoms with E-state index in [9.17, 15) is 9.90 Å². The normalized spacial score (nSPS) is 31.3. The second kappa shape index (κ2) is 5.47. The van der Waals surface area contributed by atoms with E-state index in [1.165, 1.54) is 11.1 Å². The van der Waals surface area contributed by atoms with Gasteiger partial charge in [0.25, 0.3) is 0 Å². The Hall–Kier alpha value is -1.13. The standard InChI is InChI=1S/C15H22O4/c1-10-11(2)15(6-3-4-12(10)5-7-15)14(18)19-9-13(17)8-16/h5,7,11,13,16-17H,3-4,6,8-9H2,1-2H3. The summed E-state index contributed by atoms with van der Waals surface area (Å²) >= 11 is 0. The number of carbonyl (C=O) groups excluding carboxylic acids is 1. The van der Waals surface area contributed by atoms with E-state index >= 15 is 0 Å². The van der Waals surface area contributed by atoms with Crippen molar-refractivity contribution in [1.29, 1.82) is 0 Å². The number of aliphatic hydroxyl groups is 2. The minimum atomic E-state index is -0.999. The van der Waals surface area contributed by atoms with E-state index in [4.69, 9.17) is 9.84 Å². The van der Waals surface area contributed by atoms with Gasteiger partial charge in [-0.25, -0.2) is 0 Å². The molecular formula is C15H22O4. The van der Waals surface area contributed by atoms with Gasteiger partial charge in [0.15, 0.2) is 0 Å². The van der Waals surface area contributed by atoms with Gasteiger partial charge in [0.1, 0.15) is 12.7 Å². The third-order valence-electron chi connectivity index (χ3n) is 4.54. The van der Waals surface area contributed by atoms with Gasteiger partial charge in [-0.1, -0.05) is 24.6 Å². The molecule has 4 nitrogen and oxygen atoms in total. The van der Waals surface area contributed by atoms with Crippen LogP contribution in [-0.2, 0) is 9.53 Å². The van der Waals surface area contributed by atoms with E-state index in [2.05, 4.69) is 13.8 Å². The molecule has 2 N–H and O–H groups in total. The van der Waals surface area contributed by atoms with E-state index in [-0.39, 0.29) is 18.5 Å². The lowest BCUT2D eigenvalue weighted by molar-refractivity contribution is -0.159. The lowest BCUT2D eigenvalue weighted by atomic mass is 9.68. The molecule has 106 valence electrons. The fraction of sp³-hybridized carbons (Fsp3) is 0.667. The van der Waals surface area contributed by atoms with Crippen LogP contribution < -0.4 is 0 Å². The molecule has 0 aliphatic heterocycles. The molecule has 0 aromatic heterocycles. The van der Waals surface area contributed by atoms with Crippen LogP contribution in [0.5, 0.6) is 0 Å². The molecule has 3 rings (SSSR count). The van der Waals surface area contributed by atoms with E-state index in [1.54, 1.807) is 0 Å². The molecule has 0 saturated carbocycles. The maximum atomic E-state index is 12.4. The Balaban J connectivity index is 2.16. The van der Waals surface area contributed by atoms with Crippen LogP contribution in [0.2, 0.25) is 0 Å². The predicted octanol–water partition coefficient (Wildman–Crippen LogP) is 1.58. The minimum Gasteiger partial charge on any atom is -0.462 e. The van der Waals surface area contributed by atoms with Gasteiger partial charge in [-0.3, -0.25) is 4.79 Å². The Morgan fingerprint density at radius 1 is 1.63 bits per heavy atom. The molecular weight excluding hydrogens is 244 g/mol. The lowest BCUT2D eigenvalue weighted by Gasteiger charge is -2.36. The fourth-order valence-corrected chi connectivity index (χ4v) is 3.05. The van der Waals surface area contributed by atoms with Gasteiger partial charge in [-0.2, -0.15) is 0 Å². The summed E-state index contributed by atoms with van der Waals surface area (Å²) in [4.78, 5) is 12.4. The molecule has 2 bridgehead atoms. The number of aliphatic hydroxyl groups excluding tert-OH is 2. The zero-order chi connectivity index (χ0) is 14.0. The summed E-state index contributed by atoms with van der Waals surface area (Å²) in [6.07, 6.45) is 5.79. The first-order valence-corrected chi connectivity index (χ1v) is 6.86. The summed E-state index contributed by atoms with van der Waals surface area (Å²) in [5.41, 5.74) is 2.00. The Labute approximate surface area is 113 Å². The molecule has 0 heterocycles. The number of fused-ring (bicyclic) bond motifs is 3. The third kappa shape index (κ3) is 2.47. The minimum absolute atomic E-state index is 0.133. The molecule has 0 amide bonds. The number of esters is 1. The Bertz CT molecular complexity index is 424. The van der Waals surface area contributed by atoms with Gasteiger partial charge in [0.05, 0.1) is 12.0 Å². The Morgan fingerprint density at radius 3 is 3.05 bits per heavy atom. The highest BCUT2D eigenvalue weighted by atomic mass is 16.5.